The van der Waals surface area contributed by atoms with Crippen LogP contribution in [0.2, 0.25) is 13.1 Å². The van der Waals surface area contributed by atoms with Gasteiger partial charge in [-0.05, 0) is 0 Å². The molecule has 2 aliphatic carbocycles. The molecule has 2 unspecified atom stereocenters. The molecule has 0 spiro atoms. The predicted molar refractivity (Wildman–Crippen MR) is 293 cm³/mol. The van der Waals surface area contributed by atoms with Gasteiger partial charge in [-0.1, -0.05) is 0 Å². The molecule has 0 saturated carbocycles. The number of aryl methyl sites for hydroxylation is 8. The average molecular weight is 978 g/mol. The molecule has 10 rings (SSSR count). The summed E-state index contributed by atoms with van der Waals surface area (Å²) in [6.07, 6.45) is 7.37. The van der Waals surface area contributed by atoms with Crippen molar-refractivity contribution in [3.05, 3.63) is 247 Å². The van der Waals surface area contributed by atoms with Crippen LogP contribution in [-0.4, -0.2) is 5.92 Å². The molecule has 8 aromatic rings. The molecule has 2 aliphatic rings. The van der Waals surface area contributed by atoms with E-state index in [4.69, 9.17) is 0 Å². The summed E-state index contributed by atoms with van der Waals surface area (Å²) in [6, 6.07) is 61.6. The van der Waals surface area contributed by atoms with Gasteiger partial charge < -0.3 is 0 Å². The molecule has 2 heteroatoms. The zero-order valence-electron chi connectivity index (χ0n) is 41.8. The van der Waals surface area contributed by atoms with Gasteiger partial charge in [0.1, 0.15) is 0 Å². The Kier molecular flexibility index (Phi) is 12.9. The van der Waals surface area contributed by atoms with E-state index in [1.165, 1.54) is 111 Å². The summed E-state index contributed by atoms with van der Waals surface area (Å²) in [6.45, 7) is 23.6. The van der Waals surface area contributed by atoms with Crippen LogP contribution < -0.4 is 0 Å². The fourth-order valence-corrected chi connectivity index (χ4v) is 34.9. The van der Waals surface area contributed by atoms with Crippen molar-refractivity contribution in [2.75, 3.05) is 0 Å². The van der Waals surface area contributed by atoms with E-state index >= 15 is 0 Å². The molecule has 0 nitrogen and oxygen atoms in total. The molecule has 0 aromatic heterocycles. The van der Waals surface area contributed by atoms with Crippen LogP contribution in [0.3, 0.4) is 0 Å². The van der Waals surface area contributed by atoms with E-state index in [1.54, 1.807) is 22.3 Å². The molecule has 0 amide bonds. The number of fused-ring (bicyclic) bond motifs is 2. The van der Waals surface area contributed by atoms with Crippen LogP contribution in [0.25, 0.3) is 56.7 Å². The molecule has 0 heterocycles. The van der Waals surface area contributed by atoms with E-state index in [2.05, 4.69) is 238 Å². The van der Waals surface area contributed by atoms with Crippen molar-refractivity contribution < 1.29 is 20.9 Å². The van der Waals surface area contributed by atoms with Gasteiger partial charge in [0, 0.05) is 0 Å². The van der Waals surface area contributed by atoms with Crippen LogP contribution in [0, 0.1) is 55.4 Å². The summed E-state index contributed by atoms with van der Waals surface area (Å²) < 4.78 is 0.793. The van der Waals surface area contributed by atoms with E-state index in [-0.39, 0.29) is 0 Å². The van der Waals surface area contributed by atoms with Crippen molar-refractivity contribution in [3.63, 3.8) is 0 Å². The molecule has 0 N–H and O–H groups in total. The minimum atomic E-state index is -2.85. The molecule has 0 bridgehead atoms. The van der Waals surface area contributed by atoms with Gasteiger partial charge in [-0.25, -0.2) is 0 Å². The molecular formula is C66H65SiZr. The fraction of sp³-hybridized carbons (Fsp3) is 0.212. The van der Waals surface area contributed by atoms with Gasteiger partial charge in [0.2, 0.25) is 0 Å². The molecule has 0 aliphatic heterocycles. The van der Waals surface area contributed by atoms with Gasteiger partial charge in [0.15, 0.2) is 0 Å². The maximum absolute atomic E-state index is 2.85. The number of benzene rings is 8. The molecular weight excluding hydrogens is 912 g/mol. The Morgan fingerprint density at radius 3 is 0.926 bits per heavy atom. The molecule has 68 heavy (non-hydrogen) atoms. The molecule has 0 radical (unpaired) electrons. The number of allylic oxidation sites excluding steroid dienone is 2. The van der Waals surface area contributed by atoms with Crippen LogP contribution in [0.4, 0.5) is 0 Å². The van der Waals surface area contributed by atoms with Crippen molar-refractivity contribution in [2.45, 2.75) is 88.6 Å². The van der Waals surface area contributed by atoms with Gasteiger partial charge in [-0.2, -0.15) is 0 Å². The monoisotopic (exact) mass is 975 g/mol. The predicted octanol–water partition coefficient (Wildman–Crippen LogP) is 17.5. The van der Waals surface area contributed by atoms with Crippen LogP contribution in [-0.2, 0) is 33.8 Å². The third kappa shape index (κ3) is 9.16. The summed E-state index contributed by atoms with van der Waals surface area (Å²) in [5.74, 6) is -1.37. The Bertz CT molecular complexity index is 2990. The molecule has 337 valence electrons. The van der Waals surface area contributed by atoms with Crippen LogP contribution in [0.15, 0.2) is 169 Å². The number of hydrogen-bond acceptors (Lipinski definition) is 0. The van der Waals surface area contributed by atoms with Gasteiger partial charge in [0.25, 0.3) is 0 Å². The standard InChI is InChI=1S/2C32H29.C2H7Si.Zr/c2*1-21-12-22(2)15-27(14-21)29-10-11-30(28-16-23(3)13-24(4)17-28)32-20-26(19-31(29)32)18-25-8-6-5-7-9-25;1-3-2;/h2*5-17,19-20H,18H2,1-4H3;3H,1-2H3;. The average Bonchev–Trinajstić information content (AvgIpc) is 3.83. The Balaban J connectivity index is 1.30. The summed E-state index contributed by atoms with van der Waals surface area (Å²) >= 11 is -2.85. The van der Waals surface area contributed by atoms with Crippen molar-refractivity contribution >= 4 is 18.1 Å². The third-order valence-corrected chi connectivity index (χ3v) is 36.1. The molecule has 0 saturated heterocycles. The first-order valence-corrected chi connectivity index (χ1v) is 34.8. The number of rotatable bonds is 11. The van der Waals surface area contributed by atoms with Gasteiger partial charge in [-0.15, -0.1) is 0 Å². The van der Waals surface area contributed by atoms with Crippen LogP contribution >= 0.6 is 0 Å². The summed E-state index contributed by atoms with van der Waals surface area (Å²) in [7, 11) is 0. The molecule has 8 aromatic carbocycles. The quantitative estimate of drug-likeness (QED) is 0.113. The minimum absolute atomic E-state index is 0.396. The van der Waals surface area contributed by atoms with Crippen molar-refractivity contribution in [1.29, 1.82) is 0 Å². The summed E-state index contributed by atoms with van der Waals surface area (Å²) in [5.41, 5.74) is 33.8. The van der Waals surface area contributed by atoms with Crippen LogP contribution in [0.5, 0.6) is 0 Å². The second-order valence-electron chi connectivity index (χ2n) is 20.8. The van der Waals surface area contributed by atoms with Crippen molar-refractivity contribution in [3.8, 4) is 44.5 Å². The molecule has 2 atom stereocenters. The third-order valence-electron chi connectivity index (χ3n) is 14.5. The SMILES string of the molecule is Cc1cc(C)cc(-c2ccc(-c3cc(C)cc(C)c3)c3c2C=C(Cc2ccccc2)[CH]3[Zr]([CH]2C(Cc3ccccc3)=Cc3c(-c4cc(C)cc(C)c4)ccc(-c4cc(C)cc(C)c4)c32)[SiH](C)C)c1. The Hall–Kier alpha value is -5.66. The Labute approximate surface area is 415 Å². The summed E-state index contributed by atoms with van der Waals surface area (Å²) in [4.78, 5) is 0. The van der Waals surface area contributed by atoms with E-state index < -0.39 is 26.8 Å². The first-order chi connectivity index (χ1) is 32.8. The number of hydrogen-bond donors (Lipinski definition) is 0. The zero-order valence-corrected chi connectivity index (χ0v) is 45.4. The van der Waals surface area contributed by atoms with E-state index in [0.29, 0.717) is 7.25 Å². The first kappa shape index (κ1) is 46.1. The van der Waals surface area contributed by atoms with Gasteiger partial charge >= 0.3 is 419 Å². The van der Waals surface area contributed by atoms with Crippen molar-refractivity contribution in [1.82, 2.24) is 0 Å². The van der Waals surface area contributed by atoms with Crippen molar-refractivity contribution in [2.24, 2.45) is 0 Å². The maximum atomic E-state index is 2.75. The van der Waals surface area contributed by atoms with Crippen LogP contribution in [0.1, 0.15) is 85.1 Å². The second kappa shape index (κ2) is 19.0. The Morgan fingerprint density at radius 1 is 0.353 bits per heavy atom. The zero-order chi connectivity index (χ0) is 47.4. The second-order valence-corrected chi connectivity index (χ2v) is 40.8. The van der Waals surface area contributed by atoms with Gasteiger partial charge in [-0.3, -0.25) is 0 Å². The van der Waals surface area contributed by atoms with E-state index in [1.807, 2.05) is 0 Å². The fourth-order valence-electron chi connectivity index (χ4n) is 12.2. The van der Waals surface area contributed by atoms with Gasteiger partial charge in [0.05, 0.1) is 0 Å². The summed E-state index contributed by atoms with van der Waals surface area (Å²) in [5, 5.41) is 0. The first-order valence-electron chi connectivity index (χ1n) is 24.8. The topological polar surface area (TPSA) is 0 Å². The molecule has 0 fully saturated rings. The van der Waals surface area contributed by atoms with E-state index in [0.717, 1.165) is 12.8 Å². The normalized spacial score (nSPS) is 15.0. The van der Waals surface area contributed by atoms with E-state index in [9.17, 15) is 0 Å². The Morgan fingerprint density at radius 2 is 0.632 bits per heavy atom.